The van der Waals surface area contributed by atoms with Crippen molar-refractivity contribution in [3.05, 3.63) is 36.7 Å². The number of benzene rings is 1. The number of nitrogens with one attached hydrogen (secondary N) is 2. The smallest absolute Gasteiger partial charge is 0.229 e. The number of amides is 1. The first-order valence-corrected chi connectivity index (χ1v) is 8.76. The van der Waals surface area contributed by atoms with Gasteiger partial charge in [-0.25, -0.2) is 4.68 Å². The molecule has 25 heavy (non-hydrogen) atoms. The van der Waals surface area contributed by atoms with Gasteiger partial charge in [-0.15, -0.1) is 0 Å². The first kappa shape index (κ1) is 15.8. The number of H-pyrrole nitrogens is 1. The van der Waals surface area contributed by atoms with Crippen LogP contribution in [0.2, 0.25) is 0 Å². The topological polar surface area (TPSA) is 78.8 Å². The molecule has 3 heterocycles. The summed E-state index contributed by atoms with van der Waals surface area (Å²) in [7, 11) is 0. The highest BCUT2D eigenvalue weighted by Crippen LogP contribution is 2.28. The molecule has 1 aliphatic rings. The van der Waals surface area contributed by atoms with E-state index >= 15 is 0 Å². The molecule has 4 rings (SSSR count). The highest BCUT2D eigenvalue weighted by atomic mass is 16.2. The average Bonchev–Trinajstić information content (AvgIpc) is 3.32. The molecule has 130 valence electrons. The number of anilines is 1. The van der Waals surface area contributed by atoms with Gasteiger partial charge in [0.05, 0.1) is 22.5 Å². The lowest BCUT2D eigenvalue weighted by molar-refractivity contribution is -0.121. The third-order valence-corrected chi connectivity index (χ3v) is 4.88. The fourth-order valence-corrected chi connectivity index (χ4v) is 3.52. The van der Waals surface area contributed by atoms with Crippen molar-refractivity contribution in [2.75, 3.05) is 25.0 Å². The van der Waals surface area contributed by atoms with Crippen molar-refractivity contribution in [3.63, 3.8) is 0 Å². The van der Waals surface area contributed by atoms with Crippen LogP contribution in [0.5, 0.6) is 0 Å². The van der Waals surface area contributed by atoms with Crippen molar-refractivity contribution in [2.24, 2.45) is 5.92 Å². The fraction of sp³-hybridized carbons (Fsp3) is 0.389. The maximum Gasteiger partial charge on any atom is 0.229 e. The lowest BCUT2D eigenvalue weighted by Gasteiger charge is -2.30. The number of carbonyl (C=O) groups excluding carboxylic acids is 1. The molecule has 1 aliphatic heterocycles. The number of hydrogen-bond acceptors (Lipinski definition) is 4. The maximum absolute atomic E-state index is 12.8. The molecule has 2 N–H and O–H groups in total. The lowest BCUT2D eigenvalue weighted by atomic mass is 9.97. The molecule has 2 aromatic heterocycles. The van der Waals surface area contributed by atoms with E-state index in [1.54, 1.807) is 10.9 Å². The van der Waals surface area contributed by atoms with Crippen molar-refractivity contribution in [3.8, 4) is 5.69 Å². The Hall–Kier alpha value is -2.67. The number of fused-ring (bicyclic) bond motifs is 1. The molecule has 1 atom stereocenters. The number of likely N-dealkylation sites (tertiary alicyclic amines) is 1. The van der Waals surface area contributed by atoms with Crippen molar-refractivity contribution in [2.45, 2.75) is 19.8 Å². The van der Waals surface area contributed by atoms with Crippen molar-refractivity contribution >= 4 is 22.6 Å². The zero-order chi connectivity index (χ0) is 17.2. The standard InChI is InChI=1S/C18H22N6O/c1-2-23-10-4-6-13(12-23)18(25)20-17-16-14(21-22-17)7-3-8-15(16)24-11-5-9-19-24/h3,5,7-9,11,13H,2,4,6,10,12H2,1H3,(H2,20,21,22,25). The first-order valence-electron chi connectivity index (χ1n) is 8.76. The Morgan fingerprint density at radius 1 is 1.40 bits per heavy atom. The highest BCUT2D eigenvalue weighted by Gasteiger charge is 2.26. The van der Waals surface area contributed by atoms with E-state index in [0.717, 1.165) is 49.1 Å². The van der Waals surface area contributed by atoms with Gasteiger partial charge in [0, 0.05) is 18.9 Å². The molecule has 1 amide bonds. The second-order valence-electron chi connectivity index (χ2n) is 6.44. The largest absolute Gasteiger partial charge is 0.308 e. The first-order chi connectivity index (χ1) is 12.3. The van der Waals surface area contributed by atoms with E-state index in [0.29, 0.717) is 5.82 Å². The molecule has 0 aliphatic carbocycles. The maximum atomic E-state index is 12.8. The number of aromatic nitrogens is 4. The van der Waals surface area contributed by atoms with Gasteiger partial charge in [0.15, 0.2) is 5.82 Å². The van der Waals surface area contributed by atoms with Crippen molar-refractivity contribution in [1.29, 1.82) is 0 Å². The van der Waals surface area contributed by atoms with Crippen molar-refractivity contribution < 1.29 is 4.79 Å². The van der Waals surface area contributed by atoms with Crippen LogP contribution >= 0.6 is 0 Å². The Bertz CT molecular complexity index is 869. The molecule has 1 unspecified atom stereocenters. The van der Waals surface area contributed by atoms with Crippen LogP contribution < -0.4 is 5.32 Å². The number of rotatable bonds is 4. The van der Waals surface area contributed by atoms with E-state index < -0.39 is 0 Å². The Labute approximate surface area is 146 Å². The van der Waals surface area contributed by atoms with Gasteiger partial charge in [-0.1, -0.05) is 13.0 Å². The quantitative estimate of drug-likeness (QED) is 0.766. The van der Waals surface area contributed by atoms with Crippen molar-refractivity contribution in [1.82, 2.24) is 24.9 Å². The van der Waals surface area contributed by atoms with Gasteiger partial charge in [0.2, 0.25) is 5.91 Å². The van der Waals surface area contributed by atoms with Crippen LogP contribution in [-0.4, -0.2) is 50.4 Å². The van der Waals surface area contributed by atoms with Crippen LogP contribution in [0, 0.1) is 5.92 Å². The van der Waals surface area contributed by atoms with Gasteiger partial charge >= 0.3 is 0 Å². The number of nitrogens with zero attached hydrogens (tertiary/aromatic N) is 4. The van der Waals surface area contributed by atoms with Crippen LogP contribution in [0.15, 0.2) is 36.7 Å². The molecular formula is C18H22N6O. The molecule has 7 nitrogen and oxygen atoms in total. The number of piperidine rings is 1. The summed E-state index contributed by atoms with van der Waals surface area (Å²) in [6, 6.07) is 7.74. The highest BCUT2D eigenvalue weighted by molar-refractivity contribution is 6.04. The van der Waals surface area contributed by atoms with E-state index in [-0.39, 0.29) is 11.8 Å². The minimum Gasteiger partial charge on any atom is -0.308 e. The minimum absolute atomic E-state index is 0.0114. The summed E-state index contributed by atoms with van der Waals surface area (Å²) in [5.74, 6) is 0.624. The summed E-state index contributed by atoms with van der Waals surface area (Å²) in [5, 5.41) is 15.5. The van der Waals surface area contributed by atoms with Crippen LogP contribution in [-0.2, 0) is 4.79 Å². The van der Waals surface area contributed by atoms with E-state index in [9.17, 15) is 4.79 Å². The van der Waals surface area contributed by atoms with Crippen LogP contribution in [0.3, 0.4) is 0 Å². The Morgan fingerprint density at radius 3 is 3.12 bits per heavy atom. The molecule has 3 aromatic rings. The monoisotopic (exact) mass is 338 g/mol. The summed E-state index contributed by atoms with van der Waals surface area (Å²) in [6.07, 6.45) is 5.61. The van der Waals surface area contributed by atoms with Crippen LogP contribution in [0.1, 0.15) is 19.8 Å². The molecular weight excluding hydrogens is 316 g/mol. The Balaban J connectivity index is 1.63. The number of hydrogen-bond donors (Lipinski definition) is 2. The van der Waals surface area contributed by atoms with Gasteiger partial charge in [0.1, 0.15) is 0 Å². The predicted octanol–water partition coefficient (Wildman–Crippen LogP) is 2.42. The SMILES string of the molecule is CCN1CCCC(C(=O)Nc2n[nH]c3cccc(-n4cccn4)c23)C1. The second kappa shape index (κ2) is 6.68. The third kappa shape index (κ3) is 3.02. The average molecular weight is 338 g/mol. The predicted molar refractivity (Wildman–Crippen MR) is 96.7 cm³/mol. The normalized spacial score (nSPS) is 18.5. The molecule has 0 saturated carbocycles. The van der Waals surface area contributed by atoms with Gasteiger partial charge in [-0.05, 0) is 44.1 Å². The zero-order valence-corrected chi connectivity index (χ0v) is 14.3. The summed E-state index contributed by atoms with van der Waals surface area (Å²) in [4.78, 5) is 15.1. The van der Waals surface area contributed by atoms with E-state index in [1.165, 1.54) is 0 Å². The molecule has 0 bridgehead atoms. The summed E-state index contributed by atoms with van der Waals surface area (Å²) < 4.78 is 1.78. The van der Waals surface area contributed by atoms with Gasteiger partial charge < -0.3 is 10.2 Å². The van der Waals surface area contributed by atoms with E-state index in [4.69, 9.17) is 0 Å². The molecule has 0 spiro atoms. The Morgan fingerprint density at radius 2 is 2.32 bits per heavy atom. The van der Waals surface area contributed by atoms with E-state index in [1.807, 2.05) is 30.5 Å². The van der Waals surface area contributed by atoms with Gasteiger partial charge in [-0.3, -0.25) is 9.89 Å². The summed E-state index contributed by atoms with van der Waals surface area (Å²) in [6.45, 7) is 5.02. The van der Waals surface area contributed by atoms with E-state index in [2.05, 4.69) is 32.4 Å². The molecule has 1 saturated heterocycles. The minimum atomic E-state index is 0.0114. The second-order valence-corrected chi connectivity index (χ2v) is 6.44. The lowest BCUT2D eigenvalue weighted by Crippen LogP contribution is -2.40. The fourth-order valence-electron chi connectivity index (χ4n) is 3.52. The summed E-state index contributed by atoms with van der Waals surface area (Å²) in [5.41, 5.74) is 1.77. The Kier molecular flexibility index (Phi) is 4.23. The third-order valence-electron chi connectivity index (χ3n) is 4.88. The van der Waals surface area contributed by atoms with Crippen LogP contribution in [0.25, 0.3) is 16.6 Å². The molecule has 7 heteroatoms. The van der Waals surface area contributed by atoms with Gasteiger partial charge in [-0.2, -0.15) is 10.2 Å². The molecule has 1 fully saturated rings. The molecule has 0 radical (unpaired) electrons. The van der Waals surface area contributed by atoms with Gasteiger partial charge in [0.25, 0.3) is 0 Å². The molecule has 1 aromatic carbocycles. The number of aromatic amines is 1. The summed E-state index contributed by atoms with van der Waals surface area (Å²) >= 11 is 0. The van der Waals surface area contributed by atoms with Crippen LogP contribution in [0.4, 0.5) is 5.82 Å². The number of carbonyl (C=O) groups is 1. The zero-order valence-electron chi connectivity index (χ0n) is 14.3.